The summed E-state index contributed by atoms with van der Waals surface area (Å²) < 4.78 is 11.8. The first-order valence-corrected chi connectivity index (χ1v) is 13.2. The lowest BCUT2D eigenvalue weighted by Gasteiger charge is -2.30. The number of aryl methyl sites for hydroxylation is 1. The zero-order chi connectivity index (χ0) is 24.4. The van der Waals surface area contributed by atoms with Crippen molar-refractivity contribution in [2.24, 2.45) is 17.3 Å². The van der Waals surface area contributed by atoms with Gasteiger partial charge in [-0.05, 0) is 57.1 Å². The number of aromatic nitrogens is 1. The van der Waals surface area contributed by atoms with Gasteiger partial charge in [-0.3, -0.25) is 4.79 Å². The maximum Gasteiger partial charge on any atom is 0.222 e. The van der Waals surface area contributed by atoms with Gasteiger partial charge in [-0.1, -0.05) is 40.5 Å². The van der Waals surface area contributed by atoms with Crippen LogP contribution in [0.1, 0.15) is 83.8 Å². The molecule has 6 nitrogen and oxygen atoms in total. The van der Waals surface area contributed by atoms with Crippen LogP contribution in [0.2, 0.25) is 0 Å². The first-order valence-electron chi connectivity index (χ1n) is 12.3. The molecule has 186 valence electrons. The van der Waals surface area contributed by atoms with Crippen LogP contribution in [-0.4, -0.2) is 51.7 Å². The maximum atomic E-state index is 13.1. The van der Waals surface area contributed by atoms with Crippen molar-refractivity contribution in [1.82, 2.24) is 4.98 Å². The van der Waals surface area contributed by atoms with Gasteiger partial charge in [0.05, 0.1) is 10.7 Å². The summed E-state index contributed by atoms with van der Waals surface area (Å²) in [6.45, 7) is 12.5. The molecule has 0 saturated carbocycles. The fourth-order valence-corrected chi connectivity index (χ4v) is 5.74. The monoisotopic (exact) mass is 479 g/mol. The van der Waals surface area contributed by atoms with E-state index in [0.717, 1.165) is 35.5 Å². The van der Waals surface area contributed by atoms with Crippen molar-refractivity contribution in [3.63, 3.8) is 0 Å². The van der Waals surface area contributed by atoms with E-state index >= 15 is 0 Å². The number of thiazole rings is 1. The molecule has 0 amide bonds. The van der Waals surface area contributed by atoms with Gasteiger partial charge in [-0.15, -0.1) is 11.3 Å². The van der Waals surface area contributed by atoms with Crippen molar-refractivity contribution < 1.29 is 24.5 Å². The van der Waals surface area contributed by atoms with Gasteiger partial charge in [0, 0.05) is 23.3 Å². The molecular formula is C26H41NO5S. The second kappa shape index (κ2) is 10.6. The van der Waals surface area contributed by atoms with Gasteiger partial charge in [-0.2, -0.15) is 0 Å². The number of aliphatic hydroxyl groups excluding tert-OH is 1. The number of hydrogen-bond acceptors (Lipinski definition) is 7. The van der Waals surface area contributed by atoms with E-state index in [4.69, 9.17) is 9.47 Å². The molecule has 3 rings (SSSR count). The fourth-order valence-electron chi connectivity index (χ4n) is 5.16. The van der Waals surface area contributed by atoms with E-state index in [-0.39, 0.29) is 5.92 Å². The molecule has 0 bridgehead atoms. The number of rotatable bonds is 2. The number of nitrogens with zero attached hydrogens (tertiary/aromatic N) is 1. The van der Waals surface area contributed by atoms with E-state index in [1.54, 1.807) is 11.3 Å². The number of ketones is 1. The summed E-state index contributed by atoms with van der Waals surface area (Å²) in [5, 5.41) is 25.1. The second-order valence-electron chi connectivity index (χ2n) is 10.8. The number of hydrogen-bond donors (Lipinski definition) is 2. The molecule has 1 aromatic rings. The Morgan fingerprint density at radius 1 is 1.27 bits per heavy atom. The van der Waals surface area contributed by atoms with E-state index in [1.807, 2.05) is 46.1 Å². The Bertz CT molecular complexity index is 849. The van der Waals surface area contributed by atoms with E-state index in [1.165, 1.54) is 0 Å². The molecule has 0 aromatic carbocycles. The van der Waals surface area contributed by atoms with Crippen molar-refractivity contribution in [3.05, 3.63) is 21.7 Å². The van der Waals surface area contributed by atoms with Crippen molar-refractivity contribution >= 4 is 23.2 Å². The lowest BCUT2D eigenvalue weighted by molar-refractivity contribution is -0.133. The Balaban J connectivity index is 1.79. The summed E-state index contributed by atoms with van der Waals surface area (Å²) in [7, 11) is 0. The number of fused-ring (bicyclic) bond motifs is 1. The minimum Gasteiger partial charge on any atom is -0.384 e. The molecule has 2 N–H and O–H groups in total. The largest absolute Gasteiger partial charge is 0.384 e. The lowest BCUT2D eigenvalue weighted by Crippen LogP contribution is -2.44. The van der Waals surface area contributed by atoms with Crippen LogP contribution in [0.4, 0.5) is 0 Å². The van der Waals surface area contributed by atoms with Crippen molar-refractivity contribution in [2.75, 3.05) is 6.61 Å². The highest BCUT2D eigenvalue weighted by Gasteiger charge is 2.62. The molecule has 2 aliphatic rings. The molecule has 2 aliphatic heterocycles. The number of carbonyl (C=O) groups excluding carboxylic acids is 1. The van der Waals surface area contributed by atoms with Crippen LogP contribution in [0.15, 0.2) is 11.0 Å². The Labute approximate surface area is 202 Å². The molecule has 6 atom stereocenters. The minimum atomic E-state index is -1.58. The average Bonchev–Trinajstić information content (AvgIpc) is 3.23. The SMILES string of the molecule is CC(=Cc1csc(C)n1)C1OCCCC(C)(C)C(=O)C(C)CC(C)CCCC2OC2(O)C1O. The highest BCUT2D eigenvalue weighted by Crippen LogP contribution is 2.43. The smallest absolute Gasteiger partial charge is 0.222 e. The van der Waals surface area contributed by atoms with Gasteiger partial charge in [0.2, 0.25) is 5.79 Å². The number of aliphatic hydroxyl groups is 2. The van der Waals surface area contributed by atoms with Crippen LogP contribution in [0, 0.1) is 24.2 Å². The highest BCUT2D eigenvalue weighted by molar-refractivity contribution is 7.09. The van der Waals surface area contributed by atoms with Crippen LogP contribution in [0.25, 0.3) is 6.08 Å². The van der Waals surface area contributed by atoms with Crippen LogP contribution < -0.4 is 0 Å². The Morgan fingerprint density at radius 2 is 2.00 bits per heavy atom. The molecule has 0 spiro atoms. The summed E-state index contributed by atoms with van der Waals surface area (Å²) in [6, 6.07) is 0. The quantitative estimate of drug-likeness (QED) is 0.586. The molecule has 33 heavy (non-hydrogen) atoms. The van der Waals surface area contributed by atoms with Crippen molar-refractivity contribution in [1.29, 1.82) is 0 Å². The second-order valence-corrected chi connectivity index (χ2v) is 11.9. The summed E-state index contributed by atoms with van der Waals surface area (Å²) >= 11 is 1.56. The summed E-state index contributed by atoms with van der Waals surface area (Å²) in [4.78, 5) is 17.6. The molecule has 7 heteroatoms. The van der Waals surface area contributed by atoms with E-state index in [0.29, 0.717) is 37.6 Å². The zero-order valence-corrected chi connectivity index (χ0v) is 21.8. The van der Waals surface area contributed by atoms with Gasteiger partial charge in [0.25, 0.3) is 0 Å². The van der Waals surface area contributed by atoms with E-state index < -0.39 is 29.5 Å². The molecule has 3 heterocycles. The Hall–Kier alpha value is -1.12. The van der Waals surface area contributed by atoms with Crippen LogP contribution >= 0.6 is 11.3 Å². The minimum absolute atomic E-state index is 0.0271. The Kier molecular flexibility index (Phi) is 8.55. The Morgan fingerprint density at radius 3 is 2.67 bits per heavy atom. The number of epoxide rings is 1. The molecule has 6 unspecified atom stereocenters. The van der Waals surface area contributed by atoms with Crippen LogP contribution in [0.3, 0.4) is 0 Å². The summed E-state index contributed by atoms with van der Waals surface area (Å²) in [5.41, 5.74) is 1.18. The van der Waals surface area contributed by atoms with Gasteiger partial charge < -0.3 is 19.7 Å². The summed E-state index contributed by atoms with van der Waals surface area (Å²) in [6.07, 6.45) is 4.38. The van der Waals surface area contributed by atoms with Crippen molar-refractivity contribution in [3.8, 4) is 0 Å². The number of ether oxygens (including phenoxy) is 2. The lowest BCUT2D eigenvalue weighted by atomic mass is 9.75. The van der Waals surface area contributed by atoms with E-state index in [2.05, 4.69) is 11.9 Å². The first kappa shape index (κ1) is 26.5. The number of carbonyl (C=O) groups is 1. The van der Waals surface area contributed by atoms with Gasteiger partial charge in [-0.25, -0.2) is 4.98 Å². The third kappa shape index (κ3) is 6.51. The van der Waals surface area contributed by atoms with Crippen LogP contribution in [-0.2, 0) is 14.3 Å². The predicted molar refractivity (Wildman–Crippen MR) is 131 cm³/mol. The van der Waals surface area contributed by atoms with Gasteiger partial charge in [0.1, 0.15) is 24.1 Å². The molecule has 2 saturated heterocycles. The fraction of sp³-hybridized carbons (Fsp3) is 0.769. The molecular weight excluding hydrogens is 438 g/mol. The molecule has 0 aliphatic carbocycles. The third-order valence-electron chi connectivity index (χ3n) is 7.18. The summed E-state index contributed by atoms with van der Waals surface area (Å²) in [5.74, 6) is -0.819. The third-order valence-corrected chi connectivity index (χ3v) is 7.98. The van der Waals surface area contributed by atoms with E-state index in [9.17, 15) is 15.0 Å². The van der Waals surface area contributed by atoms with Gasteiger partial charge in [0.15, 0.2) is 0 Å². The molecule has 0 radical (unpaired) electrons. The average molecular weight is 480 g/mol. The first-order chi connectivity index (χ1) is 15.4. The predicted octanol–water partition coefficient (Wildman–Crippen LogP) is 4.91. The van der Waals surface area contributed by atoms with Crippen LogP contribution in [0.5, 0.6) is 0 Å². The normalized spacial score (nSPS) is 36.9. The maximum absolute atomic E-state index is 13.1. The topological polar surface area (TPSA) is 92.2 Å². The van der Waals surface area contributed by atoms with Crippen molar-refractivity contribution in [2.45, 2.75) is 104 Å². The van der Waals surface area contributed by atoms with Gasteiger partial charge >= 0.3 is 0 Å². The highest BCUT2D eigenvalue weighted by atomic mass is 32.1. The molecule has 2 fully saturated rings. The molecule has 1 aromatic heterocycles. The number of Topliss-reactive ketones (excluding diaryl/α,β-unsaturated/α-hetero) is 1. The zero-order valence-electron chi connectivity index (χ0n) is 21.0. The standard InChI is InChI=1S/C26H41NO5S/c1-16-9-7-10-21-26(30,32-21)24(29)22(17(2)14-20-15-33-19(4)27-20)31-12-8-11-25(5,6)23(28)18(3)13-16/h14-16,18,21-22,24,29-30H,7-13H2,1-6H3.